The average molecular weight is 266 g/mol. The summed E-state index contributed by atoms with van der Waals surface area (Å²) in [5.41, 5.74) is 0. The molecule has 4 nitrogen and oxygen atoms in total. The van der Waals surface area contributed by atoms with Crippen LogP contribution in [0.5, 0.6) is 0 Å². The molecule has 3 fully saturated rings. The molecule has 0 aromatic carbocycles. The summed E-state index contributed by atoms with van der Waals surface area (Å²) < 4.78 is 5.68. The van der Waals surface area contributed by atoms with Crippen molar-refractivity contribution in [3.63, 3.8) is 0 Å². The second kappa shape index (κ2) is 6.23. The van der Waals surface area contributed by atoms with Crippen LogP contribution in [-0.4, -0.2) is 38.3 Å². The average Bonchev–Trinajstić information content (AvgIpc) is 3.30. The molecule has 1 saturated heterocycles. The van der Waals surface area contributed by atoms with E-state index >= 15 is 0 Å². The zero-order valence-electron chi connectivity index (χ0n) is 11.7. The van der Waals surface area contributed by atoms with Crippen LogP contribution in [0.1, 0.15) is 38.5 Å². The molecule has 0 radical (unpaired) electrons. The predicted octanol–water partition coefficient (Wildman–Crippen LogP) is 1.31. The summed E-state index contributed by atoms with van der Waals surface area (Å²) in [6.45, 7) is 3.14. The number of nitrogens with one attached hydrogen (secondary N) is 2. The second-order valence-corrected chi connectivity index (χ2v) is 6.40. The van der Waals surface area contributed by atoms with E-state index in [2.05, 4.69) is 10.6 Å². The highest BCUT2D eigenvalue weighted by Crippen LogP contribution is 2.48. The van der Waals surface area contributed by atoms with Gasteiger partial charge < -0.3 is 15.4 Å². The van der Waals surface area contributed by atoms with Gasteiger partial charge in [-0.1, -0.05) is 0 Å². The van der Waals surface area contributed by atoms with Crippen molar-refractivity contribution >= 4 is 5.91 Å². The third-order valence-electron chi connectivity index (χ3n) is 4.73. The highest BCUT2D eigenvalue weighted by Gasteiger charge is 2.41. The number of carbonyl (C=O) groups is 1. The minimum Gasteiger partial charge on any atom is -0.368 e. The van der Waals surface area contributed by atoms with Crippen LogP contribution < -0.4 is 10.6 Å². The summed E-state index contributed by atoms with van der Waals surface area (Å²) in [6.07, 6.45) is 7.84. The number of ether oxygens (including phenoxy) is 1. The molecule has 1 amide bonds. The maximum absolute atomic E-state index is 11.8. The van der Waals surface area contributed by atoms with E-state index in [0.29, 0.717) is 0 Å². The largest absolute Gasteiger partial charge is 0.368 e. The zero-order valence-corrected chi connectivity index (χ0v) is 11.7. The molecule has 0 aromatic heterocycles. The highest BCUT2D eigenvalue weighted by atomic mass is 16.5. The molecule has 0 spiro atoms. The first-order chi connectivity index (χ1) is 9.33. The van der Waals surface area contributed by atoms with Crippen LogP contribution >= 0.6 is 0 Å². The summed E-state index contributed by atoms with van der Waals surface area (Å²) in [4.78, 5) is 11.8. The molecule has 3 aliphatic rings. The molecule has 2 aliphatic carbocycles. The van der Waals surface area contributed by atoms with Crippen LogP contribution in [-0.2, 0) is 9.53 Å². The van der Waals surface area contributed by atoms with Gasteiger partial charge in [-0.25, -0.2) is 0 Å². The Kier molecular flexibility index (Phi) is 4.38. The van der Waals surface area contributed by atoms with Crippen LogP contribution in [0.3, 0.4) is 0 Å². The highest BCUT2D eigenvalue weighted by molar-refractivity contribution is 5.77. The Morgan fingerprint density at radius 2 is 1.74 bits per heavy atom. The first-order valence-electron chi connectivity index (χ1n) is 7.92. The standard InChI is InChI=1S/C15H26N2O2/c18-15(10-19-13-5-7-16-8-6-13)17-9-14(11-1-2-11)12-3-4-12/h11-14,16H,1-10H2,(H,17,18). The minimum absolute atomic E-state index is 0.0739. The fraction of sp³-hybridized carbons (Fsp3) is 0.933. The van der Waals surface area contributed by atoms with Gasteiger partial charge in [0.05, 0.1) is 6.10 Å². The molecule has 1 heterocycles. The molecule has 0 unspecified atom stereocenters. The Bertz CT molecular complexity index is 295. The van der Waals surface area contributed by atoms with Crippen LogP contribution in [0.25, 0.3) is 0 Å². The van der Waals surface area contributed by atoms with Gasteiger partial charge in [-0.15, -0.1) is 0 Å². The fourth-order valence-electron chi connectivity index (χ4n) is 3.21. The summed E-state index contributed by atoms with van der Waals surface area (Å²) in [7, 11) is 0. The van der Waals surface area contributed by atoms with Crippen molar-refractivity contribution in [2.45, 2.75) is 44.6 Å². The van der Waals surface area contributed by atoms with Gasteiger partial charge in [-0.3, -0.25) is 4.79 Å². The maximum Gasteiger partial charge on any atom is 0.246 e. The molecule has 2 N–H and O–H groups in total. The van der Waals surface area contributed by atoms with Crippen molar-refractivity contribution in [3.8, 4) is 0 Å². The van der Waals surface area contributed by atoms with E-state index < -0.39 is 0 Å². The minimum atomic E-state index is 0.0739. The second-order valence-electron chi connectivity index (χ2n) is 6.40. The van der Waals surface area contributed by atoms with E-state index in [4.69, 9.17) is 4.74 Å². The van der Waals surface area contributed by atoms with E-state index in [1.165, 1.54) is 25.7 Å². The van der Waals surface area contributed by atoms with Gasteiger partial charge in [-0.2, -0.15) is 0 Å². The normalized spacial score (nSPS) is 24.7. The maximum atomic E-state index is 11.8. The first kappa shape index (κ1) is 13.4. The Hall–Kier alpha value is -0.610. The van der Waals surface area contributed by atoms with Crippen molar-refractivity contribution in [1.29, 1.82) is 0 Å². The Morgan fingerprint density at radius 3 is 2.32 bits per heavy atom. The van der Waals surface area contributed by atoms with Crippen molar-refractivity contribution in [2.24, 2.45) is 17.8 Å². The lowest BCUT2D eigenvalue weighted by molar-refractivity contribution is -0.128. The number of piperidine rings is 1. The molecular weight excluding hydrogens is 240 g/mol. The molecule has 1 aliphatic heterocycles. The molecule has 0 aromatic rings. The number of hydrogen-bond acceptors (Lipinski definition) is 3. The van der Waals surface area contributed by atoms with Crippen LogP contribution in [0.2, 0.25) is 0 Å². The lowest BCUT2D eigenvalue weighted by Crippen LogP contribution is -2.37. The smallest absolute Gasteiger partial charge is 0.246 e. The third-order valence-corrected chi connectivity index (χ3v) is 4.73. The fourth-order valence-corrected chi connectivity index (χ4v) is 3.21. The third kappa shape index (κ3) is 4.18. The van der Waals surface area contributed by atoms with Gasteiger partial charge in [0.1, 0.15) is 6.61 Å². The molecule has 2 saturated carbocycles. The van der Waals surface area contributed by atoms with Gasteiger partial charge >= 0.3 is 0 Å². The van der Waals surface area contributed by atoms with E-state index in [1.54, 1.807) is 0 Å². The monoisotopic (exact) mass is 266 g/mol. The van der Waals surface area contributed by atoms with Crippen molar-refractivity contribution in [1.82, 2.24) is 10.6 Å². The van der Waals surface area contributed by atoms with Gasteiger partial charge in [0, 0.05) is 6.54 Å². The quantitative estimate of drug-likeness (QED) is 0.730. The SMILES string of the molecule is O=C(COC1CCNCC1)NCC(C1CC1)C1CC1. The van der Waals surface area contributed by atoms with E-state index in [-0.39, 0.29) is 18.6 Å². The predicted molar refractivity (Wildman–Crippen MR) is 73.8 cm³/mol. The van der Waals surface area contributed by atoms with E-state index in [1.807, 2.05) is 0 Å². The summed E-state index contributed by atoms with van der Waals surface area (Å²) in [6, 6.07) is 0. The lowest BCUT2D eigenvalue weighted by Gasteiger charge is -2.23. The molecule has 4 heteroatoms. The first-order valence-corrected chi connectivity index (χ1v) is 7.92. The topological polar surface area (TPSA) is 50.4 Å². The van der Waals surface area contributed by atoms with Gasteiger partial charge in [0.25, 0.3) is 0 Å². The molecule has 19 heavy (non-hydrogen) atoms. The van der Waals surface area contributed by atoms with Gasteiger partial charge in [0.2, 0.25) is 5.91 Å². The van der Waals surface area contributed by atoms with Crippen molar-refractivity contribution < 1.29 is 9.53 Å². The zero-order chi connectivity index (χ0) is 13.1. The van der Waals surface area contributed by atoms with Crippen LogP contribution in [0.15, 0.2) is 0 Å². The number of carbonyl (C=O) groups excluding carboxylic acids is 1. The van der Waals surface area contributed by atoms with Gasteiger partial charge in [-0.05, 0) is 69.4 Å². The van der Waals surface area contributed by atoms with Crippen LogP contribution in [0, 0.1) is 17.8 Å². The summed E-state index contributed by atoms with van der Waals surface area (Å²) >= 11 is 0. The Balaban J connectivity index is 1.31. The number of rotatable bonds is 7. The summed E-state index contributed by atoms with van der Waals surface area (Å²) in [5.74, 6) is 2.63. The van der Waals surface area contributed by atoms with Crippen molar-refractivity contribution in [3.05, 3.63) is 0 Å². The number of hydrogen-bond donors (Lipinski definition) is 2. The van der Waals surface area contributed by atoms with Gasteiger partial charge in [0.15, 0.2) is 0 Å². The molecular formula is C15H26N2O2. The summed E-state index contributed by atoms with van der Waals surface area (Å²) in [5, 5.41) is 6.39. The molecule has 3 rings (SSSR count). The Morgan fingerprint density at radius 1 is 1.11 bits per heavy atom. The molecule has 0 atom stereocenters. The lowest BCUT2D eigenvalue weighted by atomic mass is 9.98. The van der Waals surface area contributed by atoms with E-state index in [0.717, 1.165) is 50.2 Å². The van der Waals surface area contributed by atoms with Crippen LogP contribution in [0.4, 0.5) is 0 Å². The molecule has 108 valence electrons. The van der Waals surface area contributed by atoms with Crippen molar-refractivity contribution in [2.75, 3.05) is 26.2 Å². The molecule has 0 bridgehead atoms. The number of amides is 1. The van der Waals surface area contributed by atoms with E-state index in [9.17, 15) is 4.79 Å². The Labute approximate surface area is 115 Å².